The van der Waals surface area contributed by atoms with Gasteiger partial charge in [0, 0.05) is 66.5 Å². The molecule has 5 heteroatoms. The Balaban J connectivity index is 1.08. The van der Waals surface area contributed by atoms with Gasteiger partial charge in [0.25, 0.3) is 0 Å². The molecule has 0 N–H and O–H groups in total. The first-order valence-corrected chi connectivity index (χ1v) is 35.1. The van der Waals surface area contributed by atoms with Crippen LogP contribution >= 0.6 is 0 Å². The van der Waals surface area contributed by atoms with Crippen molar-refractivity contribution in [2.24, 2.45) is 0 Å². The molecule has 0 amide bonds. The Morgan fingerprint density at radius 3 is 1.38 bits per heavy atom. The van der Waals surface area contributed by atoms with Gasteiger partial charge in [0.05, 0.1) is 44.1 Å². The fraction of sp³-hybridized carbons (Fsp3) is 0.179. The minimum atomic E-state index is -1.23. The maximum Gasteiger partial charge on any atom is 0.247 e. The fourth-order valence-electron chi connectivity index (χ4n) is 16.6. The molecule has 4 nitrogen and oxygen atoms in total. The molecule has 2 aromatic heterocycles. The Morgan fingerprint density at radius 2 is 0.840 bits per heavy atom. The van der Waals surface area contributed by atoms with Gasteiger partial charge < -0.3 is 18.8 Å². The van der Waals surface area contributed by atoms with E-state index < -0.39 is 48.4 Å². The zero-order valence-electron chi connectivity index (χ0n) is 66.8. The number of para-hydroxylation sites is 5. The standard InChI is InChI=1S/C95H82BN3O/c1-91(2,3)63-43-48-83-73(54-63)74-55-64(92(4,5)6)44-49-84(74)97(83)67-45-47-79-85(57-67)99(90-69(59-28-15-13-16-29-59)34-27-35-70(90)60-30-17-14-18-31-60)86-58-68(98-81-38-23-19-32-71(81)72-33-20-24-39-82(72)98)56-78-89(86)96(79)80-52-61(62-50-65(93(7,8)9)53-66(51-62)94(10,11)12)42-46-75(80)95(78)76-36-21-25-40-87(76)100-88-41-26-22-37-77(88)95/h13-58H,1-12H3/i19D,20D,23D,24D,32D,33D,38D,39D. The molecule has 3 aliphatic rings. The van der Waals surface area contributed by atoms with Crippen LogP contribution in [-0.2, 0) is 27.1 Å². The number of rotatable bonds is 6. The second-order valence-electron chi connectivity index (χ2n) is 31.9. The highest BCUT2D eigenvalue weighted by molar-refractivity contribution is 6.99. The summed E-state index contributed by atoms with van der Waals surface area (Å²) in [5.74, 6) is 1.32. The lowest BCUT2D eigenvalue weighted by atomic mass is 9.29. The maximum absolute atomic E-state index is 10.1. The SMILES string of the molecule is [2H]c1c([2H])c([2H])c2c(c1[2H])c1c([2H])c([2H])c([2H])c([2H])c1n2-c1cc2c3c(c1)C1(c4ccccc4Oc4ccccc41)c1ccc(-c4cc(C(C)(C)C)cc(C(C)(C)C)c4)cc1B3c1ccc(-n3c4ccc(C(C)(C)C)cc4c4cc(C(C)(C)C)ccc43)cc1N2c1c(-c2ccccc2)cccc1-c1ccccc1. The van der Waals surface area contributed by atoms with Crippen molar-refractivity contribution in [2.45, 2.75) is 110 Å². The lowest BCUT2D eigenvalue weighted by molar-refractivity contribution is 0.435. The lowest BCUT2D eigenvalue weighted by Gasteiger charge is -2.50. The van der Waals surface area contributed by atoms with Crippen LogP contribution in [0.2, 0.25) is 0 Å². The molecule has 486 valence electrons. The molecule has 3 aliphatic heterocycles. The van der Waals surface area contributed by atoms with Crippen LogP contribution in [0.25, 0.3) is 88.4 Å². The predicted octanol–water partition coefficient (Wildman–Crippen LogP) is 23.2. The average molecular weight is 1300 g/mol. The van der Waals surface area contributed by atoms with Crippen molar-refractivity contribution in [3.8, 4) is 56.3 Å². The Hall–Kier alpha value is -10.9. The highest BCUT2D eigenvalue weighted by atomic mass is 16.5. The fourth-order valence-corrected chi connectivity index (χ4v) is 16.6. The quantitative estimate of drug-likeness (QED) is 0.155. The van der Waals surface area contributed by atoms with Crippen LogP contribution in [-0.4, -0.2) is 15.8 Å². The van der Waals surface area contributed by atoms with Gasteiger partial charge in [-0.1, -0.05) is 295 Å². The normalized spacial score (nSPS) is 15.0. The van der Waals surface area contributed by atoms with Crippen molar-refractivity contribution >= 4 is 83.8 Å². The third kappa shape index (κ3) is 9.33. The van der Waals surface area contributed by atoms with Gasteiger partial charge in [-0.05, 0) is 161 Å². The number of aromatic nitrogens is 2. The summed E-state index contributed by atoms with van der Waals surface area (Å²) in [6, 6.07) is 80.3. The Labute approximate surface area is 600 Å². The van der Waals surface area contributed by atoms with E-state index in [2.05, 4.69) is 287 Å². The van der Waals surface area contributed by atoms with Gasteiger partial charge in [-0.25, -0.2) is 0 Å². The van der Waals surface area contributed by atoms with Gasteiger partial charge >= 0.3 is 0 Å². The third-order valence-corrected chi connectivity index (χ3v) is 21.7. The molecule has 1 spiro atoms. The van der Waals surface area contributed by atoms with E-state index in [-0.39, 0.29) is 55.6 Å². The average Bonchev–Trinajstić information content (AvgIpc) is 0.703. The number of nitrogens with zero attached hydrogens (tertiary/aromatic N) is 3. The van der Waals surface area contributed by atoms with Crippen LogP contribution < -0.4 is 26.0 Å². The first kappa shape index (κ1) is 53.1. The second-order valence-corrected chi connectivity index (χ2v) is 31.9. The summed E-state index contributed by atoms with van der Waals surface area (Å²) in [6.45, 7) is 26.8. The molecular formula is C95H82BN3O. The number of hydrogen-bond donors (Lipinski definition) is 0. The van der Waals surface area contributed by atoms with E-state index in [1.54, 1.807) is 4.57 Å². The Kier molecular flexibility index (Phi) is 11.7. The molecule has 0 aliphatic carbocycles. The number of ether oxygens (including phenoxy) is 1. The Bertz CT molecular complexity index is 6100. The molecule has 0 bridgehead atoms. The molecule has 5 heterocycles. The van der Waals surface area contributed by atoms with E-state index in [0.29, 0.717) is 17.2 Å². The predicted molar refractivity (Wildman–Crippen MR) is 424 cm³/mol. The minimum absolute atomic E-state index is 0.00483. The van der Waals surface area contributed by atoms with Gasteiger partial charge in [-0.2, -0.15) is 0 Å². The van der Waals surface area contributed by atoms with E-state index in [1.807, 2.05) is 36.4 Å². The van der Waals surface area contributed by atoms with Crippen molar-refractivity contribution in [2.75, 3.05) is 4.90 Å². The molecule has 0 saturated carbocycles. The van der Waals surface area contributed by atoms with Crippen LogP contribution in [0.5, 0.6) is 11.5 Å². The number of fused-ring (bicyclic) bond motifs is 16. The maximum atomic E-state index is 10.1. The molecule has 0 fully saturated rings. The van der Waals surface area contributed by atoms with Gasteiger partial charge in [0.1, 0.15) is 11.5 Å². The molecule has 0 unspecified atom stereocenters. The highest BCUT2D eigenvalue weighted by Gasteiger charge is 2.55. The zero-order chi connectivity index (χ0) is 75.5. The van der Waals surface area contributed by atoms with E-state index in [1.165, 1.54) is 22.3 Å². The molecule has 13 aromatic carbocycles. The number of anilines is 3. The molecule has 15 aromatic rings. The summed E-state index contributed by atoms with van der Waals surface area (Å²) >= 11 is 0. The Morgan fingerprint density at radius 1 is 0.340 bits per heavy atom. The van der Waals surface area contributed by atoms with Crippen LogP contribution in [0, 0.1) is 0 Å². The molecule has 0 atom stereocenters. The number of hydrogen-bond acceptors (Lipinski definition) is 2. The summed E-state index contributed by atoms with van der Waals surface area (Å²) < 4.78 is 88.8. The van der Waals surface area contributed by atoms with Crippen LogP contribution in [0.3, 0.4) is 0 Å². The van der Waals surface area contributed by atoms with Gasteiger partial charge in [-0.3, -0.25) is 0 Å². The second kappa shape index (κ2) is 22.1. The summed E-state index contributed by atoms with van der Waals surface area (Å²) in [5.41, 5.74) is 21.8. The van der Waals surface area contributed by atoms with Crippen molar-refractivity contribution < 1.29 is 15.7 Å². The zero-order valence-corrected chi connectivity index (χ0v) is 58.8. The highest BCUT2D eigenvalue weighted by Crippen LogP contribution is 2.59. The van der Waals surface area contributed by atoms with Crippen molar-refractivity contribution in [3.63, 3.8) is 0 Å². The summed E-state index contributed by atoms with van der Waals surface area (Å²) in [4.78, 5) is 2.46. The first-order valence-electron chi connectivity index (χ1n) is 39.1. The van der Waals surface area contributed by atoms with Crippen molar-refractivity contribution in [1.29, 1.82) is 0 Å². The molecular weight excluding hydrogens is 1210 g/mol. The summed E-state index contributed by atoms with van der Waals surface area (Å²) in [5, 5.41) is 2.30. The smallest absolute Gasteiger partial charge is 0.247 e. The van der Waals surface area contributed by atoms with Gasteiger partial charge in [0.15, 0.2) is 0 Å². The molecule has 0 radical (unpaired) electrons. The van der Waals surface area contributed by atoms with Crippen molar-refractivity contribution in [1.82, 2.24) is 9.13 Å². The third-order valence-electron chi connectivity index (χ3n) is 21.7. The van der Waals surface area contributed by atoms with Crippen molar-refractivity contribution in [3.05, 3.63) is 323 Å². The van der Waals surface area contributed by atoms with E-state index >= 15 is 0 Å². The molecule has 0 saturated heterocycles. The van der Waals surface area contributed by atoms with E-state index in [0.717, 1.165) is 117 Å². The minimum Gasteiger partial charge on any atom is -0.457 e. The van der Waals surface area contributed by atoms with Crippen LogP contribution in [0.15, 0.2) is 279 Å². The first-order chi connectivity index (χ1) is 51.4. The van der Waals surface area contributed by atoms with Crippen LogP contribution in [0.4, 0.5) is 17.1 Å². The van der Waals surface area contributed by atoms with E-state index in [4.69, 9.17) is 4.74 Å². The van der Waals surface area contributed by atoms with Gasteiger partial charge in [-0.15, -0.1) is 0 Å². The molecule has 100 heavy (non-hydrogen) atoms. The summed E-state index contributed by atoms with van der Waals surface area (Å²) in [7, 11) is 0. The monoisotopic (exact) mass is 1300 g/mol. The van der Waals surface area contributed by atoms with Gasteiger partial charge in [0.2, 0.25) is 6.71 Å². The lowest BCUT2D eigenvalue weighted by Crippen LogP contribution is -2.65. The largest absolute Gasteiger partial charge is 0.457 e. The topological polar surface area (TPSA) is 22.3 Å². The molecule has 18 rings (SSSR count). The van der Waals surface area contributed by atoms with E-state index in [9.17, 15) is 11.0 Å². The number of benzene rings is 13. The van der Waals surface area contributed by atoms with Crippen LogP contribution in [0.1, 0.15) is 139 Å². The summed E-state index contributed by atoms with van der Waals surface area (Å²) in [6.07, 6.45) is 0.